The van der Waals surface area contributed by atoms with Crippen LogP contribution in [0.25, 0.3) is 11.1 Å². The first-order chi connectivity index (χ1) is 8.50. The lowest BCUT2D eigenvalue weighted by atomic mass is 10.0. The minimum Gasteiger partial charge on any atom is -0.478 e. The minimum atomic E-state index is -1.15. The van der Waals surface area contributed by atoms with Crippen LogP contribution >= 0.6 is 15.9 Å². The van der Waals surface area contributed by atoms with Crippen LogP contribution < -0.4 is 0 Å². The van der Waals surface area contributed by atoms with E-state index in [2.05, 4.69) is 15.9 Å². The third-order valence-electron chi connectivity index (χ3n) is 2.44. The molecule has 1 N–H and O–H groups in total. The first-order valence-corrected chi connectivity index (χ1v) is 5.77. The van der Waals surface area contributed by atoms with E-state index in [1.165, 1.54) is 30.3 Å². The highest BCUT2D eigenvalue weighted by Gasteiger charge is 2.15. The number of rotatable bonds is 2. The van der Waals surface area contributed by atoms with Crippen molar-refractivity contribution in [1.29, 1.82) is 0 Å². The van der Waals surface area contributed by atoms with Gasteiger partial charge in [0.2, 0.25) is 0 Å². The summed E-state index contributed by atoms with van der Waals surface area (Å²) in [4.78, 5) is 10.8. The highest BCUT2D eigenvalue weighted by atomic mass is 79.9. The summed E-state index contributed by atoms with van der Waals surface area (Å²) in [6.45, 7) is 0. The van der Waals surface area contributed by atoms with E-state index in [-0.39, 0.29) is 21.2 Å². The summed E-state index contributed by atoms with van der Waals surface area (Å²) in [6, 6.07) is 7.87. The van der Waals surface area contributed by atoms with E-state index in [1.54, 1.807) is 0 Å². The van der Waals surface area contributed by atoms with Gasteiger partial charge in [-0.25, -0.2) is 13.6 Å². The molecule has 0 atom stereocenters. The minimum absolute atomic E-state index is 0.0220. The van der Waals surface area contributed by atoms with E-state index in [4.69, 9.17) is 5.11 Å². The zero-order valence-electron chi connectivity index (χ0n) is 8.95. The van der Waals surface area contributed by atoms with Gasteiger partial charge < -0.3 is 5.11 Å². The van der Waals surface area contributed by atoms with Crippen molar-refractivity contribution in [1.82, 2.24) is 0 Å². The molecule has 0 aromatic heterocycles. The second-order valence-electron chi connectivity index (χ2n) is 3.60. The van der Waals surface area contributed by atoms with E-state index in [0.717, 1.165) is 6.07 Å². The molecule has 0 unspecified atom stereocenters. The average Bonchev–Trinajstić information content (AvgIpc) is 2.35. The van der Waals surface area contributed by atoms with E-state index < -0.39 is 17.6 Å². The van der Waals surface area contributed by atoms with Crippen LogP contribution in [0.5, 0.6) is 0 Å². The smallest absolute Gasteiger partial charge is 0.335 e. The van der Waals surface area contributed by atoms with Gasteiger partial charge in [0, 0.05) is 0 Å². The molecule has 18 heavy (non-hydrogen) atoms. The van der Waals surface area contributed by atoms with Gasteiger partial charge in [-0.2, -0.15) is 0 Å². The van der Waals surface area contributed by atoms with Crippen LogP contribution in [0.2, 0.25) is 0 Å². The van der Waals surface area contributed by atoms with Crippen LogP contribution in [-0.4, -0.2) is 11.1 Å². The normalized spacial score (nSPS) is 10.4. The maximum Gasteiger partial charge on any atom is 0.335 e. The van der Waals surface area contributed by atoms with Crippen molar-refractivity contribution < 1.29 is 18.7 Å². The number of hydrogen-bond donors (Lipinski definition) is 1. The molecule has 0 aliphatic heterocycles. The van der Waals surface area contributed by atoms with Crippen molar-refractivity contribution in [3.63, 3.8) is 0 Å². The van der Waals surface area contributed by atoms with Crippen molar-refractivity contribution in [2.45, 2.75) is 0 Å². The molecular formula is C13H7BrF2O2. The summed E-state index contributed by atoms with van der Waals surface area (Å²) >= 11 is 2.97. The molecule has 0 radical (unpaired) electrons. The monoisotopic (exact) mass is 312 g/mol. The summed E-state index contributed by atoms with van der Waals surface area (Å²) in [5.74, 6) is -2.64. The van der Waals surface area contributed by atoms with E-state index >= 15 is 0 Å². The lowest BCUT2D eigenvalue weighted by Gasteiger charge is -2.07. The SMILES string of the molecule is O=C(O)c1cccc(-c2c(F)ccc(Br)c2F)c1. The van der Waals surface area contributed by atoms with Crippen LogP contribution in [0, 0.1) is 11.6 Å². The highest BCUT2D eigenvalue weighted by Crippen LogP contribution is 2.31. The maximum atomic E-state index is 13.8. The Morgan fingerprint density at radius 2 is 1.89 bits per heavy atom. The number of benzene rings is 2. The predicted octanol–water partition coefficient (Wildman–Crippen LogP) is 4.09. The molecule has 5 heteroatoms. The third-order valence-corrected chi connectivity index (χ3v) is 3.05. The molecule has 92 valence electrons. The Morgan fingerprint density at radius 1 is 1.17 bits per heavy atom. The van der Waals surface area contributed by atoms with Gasteiger partial charge in [0.25, 0.3) is 0 Å². The fourth-order valence-electron chi connectivity index (χ4n) is 1.60. The maximum absolute atomic E-state index is 13.8. The quantitative estimate of drug-likeness (QED) is 0.848. The molecule has 0 spiro atoms. The lowest BCUT2D eigenvalue weighted by Crippen LogP contribution is -1.97. The van der Waals surface area contributed by atoms with Gasteiger partial charge >= 0.3 is 5.97 Å². The van der Waals surface area contributed by atoms with E-state index in [1.807, 2.05) is 0 Å². The third kappa shape index (κ3) is 2.26. The number of carboxylic acids is 1. The van der Waals surface area contributed by atoms with Gasteiger partial charge in [0.05, 0.1) is 15.6 Å². The Labute approximate surface area is 110 Å². The van der Waals surface area contributed by atoms with Crippen molar-refractivity contribution in [3.8, 4) is 11.1 Å². The molecule has 2 rings (SSSR count). The Kier molecular flexibility index (Phi) is 3.43. The van der Waals surface area contributed by atoms with Crippen LogP contribution in [-0.2, 0) is 0 Å². The zero-order valence-corrected chi connectivity index (χ0v) is 10.5. The number of halogens is 3. The van der Waals surface area contributed by atoms with Crippen molar-refractivity contribution in [2.75, 3.05) is 0 Å². The van der Waals surface area contributed by atoms with Crippen LogP contribution in [0.4, 0.5) is 8.78 Å². The molecule has 2 nitrogen and oxygen atoms in total. The van der Waals surface area contributed by atoms with Gasteiger partial charge in [-0.3, -0.25) is 0 Å². The molecular weight excluding hydrogens is 306 g/mol. The van der Waals surface area contributed by atoms with E-state index in [0.29, 0.717) is 0 Å². The molecule has 2 aromatic carbocycles. The average molecular weight is 313 g/mol. The standard InChI is InChI=1S/C13H7BrF2O2/c14-9-4-5-10(15)11(12(9)16)7-2-1-3-8(6-7)13(17)18/h1-6H,(H,17,18). The van der Waals surface area contributed by atoms with Crippen molar-refractivity contribution in [3.05, 3.63) is 58.1 Å². The molecule has 0 heterocycles. The largest absolute Gasteiger partial charge is 0.478 e. The first kappa shape index (κ1) is 12.7. The van der Waals surface area contributed by atoms with E-state index in [9.17, 15) is 13.6 Å². The zero-order chi connectivity index (χ0) is 13.3. The number of hydrogen-bond acceptors (Lipinski definition) is 1. The van der Waals surface area contributed by atoms with Crippen molar-refractivity contribution >= 4 is 21.9 Å². The van der Waals surface area contributed by atoms with Gasteiger partial charge in [0.15, 0.2) is 0 Å². The Morgan fingerprint density at radius 3 is 2.56 bits per heavy atom. The molecule has 0 aliphatic carbocycles. The molecule has 0 bridgehead atoms. The summed E-state index contributed by atoms with van der Waals surface area (Å²) in [6.07, 6.45) is 0. The molecule has 2 aromatic rings. The van der Waals surface area contributed by atoms with Gasteiger partial charge in [0.1, 0.15) is 11.6 Å². The van der Waals surface area contributed by atoms with Crippen molar-refractivity contribution in [2.24, 2.45) is 0 Å². The molecule has 0 amide bonds. The Balaban J connectivity index is 2.65. The second kappa shape index (κ2) is 4.86. The van der Waals surface area contributed by atoms with Gasteiger partial charge in [-0.15, -0.1) is 0 Å². The first-order valence-electron chi connectivity index (χ1n) is 4.98. The van der Waals surface area contributed by atoms with Crippen LogP contribution in [0.3, 0.4) is 0 Å². The Bertz CT molecular complexity index is 626. The summed E-state index contributed by atoms with van der Waals surface area (Å²) in [5.41, 5.74) is -0.0787. The molecule has 0 saturated carbocycles. The fraction of sp³-hybridized carbons (Fsp3) is 0. The molecule has 0 fully saturated rings. The molecule has 0 aliphatic rings. The van der Waals surface area contributed by atoms with Gasteiger partial charge in [-0.05, 0) is 45.8 Å². The summed E-state index contributed by atoms with van der Waals surface area (Å²) < 4.78 is 27.6. The second-order valence-corrected chi connectivity index (χ2v) is 4.46. The van der Waals surface area contributed by atoms with Crippen LogP contribution in [0.1, 0.15) is 10.4 Å². The highest BCUT2D eigenvalue weighted by molar-refractivity contribution is 9.10. The number of carbonyl (C=O) groups is 1. The summed E-state index contributed by atoms with van der Waals surface area (Å²) in [7, 11) is 0. The Hall–Kier alpha value is -1.75. The predicted molar refractivity (Wildman–Crippen MR) is 66.5 cm³/mol. The lowest BCUT2D eigenvalue weighted by molar-refractivity contribution is 0.0697. The number of aromatic carboxylic acids is 1. The number of carboxylic acid groups (broad SMARTS) is 1. The molecule has 0 saturated heterocycles. The van der Waals surface area contributed by atoms with Crippen LogP contribution in [0.15, 0.2) is 40.9 Å². The fourth-order valence-corrected chi connectivity index (χ4v) is 1.93. The summed E-state index contributed by atoms with van der Waals surface area (Å²) in [5, 5.41) is 8.85. The topological polar surface area (TPSA) is 37.3 Å². The van der Waals surface area contributed by atoms with Gasteiger partial charge in [-0.1, -0.05) is 12.1 Å².